The highest BCUT2D eigenvalue weighted by Gasteiger charge is 2.44. The van der Waals surface area contributed by atoms with Crippen molar-refractivity contribution in [2.24, 2.45) is 5.92 Å². The molecule has 4 heteroatoms. The van der Waals surface area contributed by atoms with Gasteiger partial charge < -0.3 is 4.90 Å². The van der Waals surface area contributed by atoms with Crippen molar-refractivity contribution in [3.05, 3.63) is 56.7 Å². The summed E-state index contributed by atoms with van der Waals surface area (Å²) in [4.78, 5) is 14.3. The molecule has 3 rings (SSSR count). The van der Waals surface area contributed by atoms with E-state index in [1.165, 1.54) is 11.1 Å². The van der Waals surface area contributed by atoms with Crippen LogP contribution in [0.1, 0.15) is 23.5 Å². The van der Waals surface area contributed by atoms with Crippen LogP contribution in [0.3, 0.4) is 0 Å². The zero-order chi connectivity index (χ0) is 14.1. The number of hydrogen-bond donors (Lipinski definition) is 0. The van der Waals surface area contributed by atoms with Crippen LogP contribution in [0.15, 0.2) is 45.6 Å². The minimum absolute atomic E-state index is 0.171. The van der Waals surface area contributed by atoms with E-state index in [2.05, 4.69) is 39.5 Å². The lowest BCUT2D eigenvalue weighted by Crippen LogP contribution is -2.27. The van der Waals surface area contributed by atoms with E-state index in [4.69, 9.17) is 0 Å². The summed E-state index contributed by atoms with van der Waals surface area (Å²) in [6.45, 7) is 0.693. The third-order valence-corrected chi connectivity index (χ3v) is 5.31. The fourth-order valence-corrected chi connectivity index (χ4v) is 3.80. The van der Waals surface area contributed by atoms with Crippen LogP contribution in [0.25, 0.3) is 0 Å². The maximum atomic E-state index is 12.4. The summed E-state index contributed by atoms with van der Waals surface area (Å²) in [5, 5.41) is 2.09. The number of rotatable bonds is 4. The number of benzene rings is 1. The van der Waals surface area contributed by atoms with Crippen molar-refractivity contribution in [2.45, 2.75) is 18.9 Å². The Kier molecular flexibility index (Phi) is 3.94. The Morgan fingerprint density at radius 2 is 2.15 bits per heavy atom. The van der Waals surface area contributed by atoms with Crippen molar-refractivity contribution in [1.29, 1.82) is 0 Å². The number of carbonyl (C=O) groups excluding carboxylic acids is 1. The Labute approximate surface area is 131 Å². The van der Waals surface area contributed by atoms with Crippen LogP contribution in [-0.2, 0) is 11.3 Å². The van der Waals surface area contributed by atoms with Gasteiger partial charge in [0.25, 0.3) is 0 Å². The first kappa shape index (κ1) is 13.8. The molecule has 0 radical (unpaired) electrons. The molecule has 2 aromatic rings. The van der Waals surface area contributed by atoms with E-state index in [0.29, 0.717) is 12.5 Å². The lowest BCUT2D eigenvalue weighted by Gasteiger charge is -2.16. The highest BCUT2D eigenvalue weighted by Crippen LogP contribution is 2.48. The SMILES string of the molecule is CN(Cc1csc(Br)c1)C(=O)C1CC1c1ccccc1. The summed E-state index contributed by atoms with van der Waals surface area (Å²) in [5.41, 5.74) is 2.48. The molecule has 2 nitrogen and oxygen atoms in total. The van der Waals surface area contributed by atoms with Gasteiger partial charge >= 0.3 is 0 Å². The van der Waals surface area contributed by atoms with Gasteiger partial charge in [0.15, 0.2) is 0 Å². The summed E-state index contributed by atoms with van der Waals surface area (Å²) >= 11 is 5.11. The van der Waals surface area contributed by atoms with Gasteiger partial charge in [0, 0.05) is 19.5 Å². The number of nitrogens with zero attached hydrogens (tertiary/aromatic N) is 1. The molecule has 0 N–H and O–H groups in total. The normalized spacial score (nSPS) is 20.7. The molecule has 0 saturated heterocycles. The second-order valence-electron chi connectivity index (χ2n) is 5.31. The molecule has 0 aliphatic heterocycles. The van der Waals surface area contributed by atoms with Gasteiger partial charge in [0.1, 0.15) is 0 Å². The molecular formula is C16H16BrNOS. The van der Waals surface area contributed by atoms with Gasteiger partial charge in [-0.05, 0) is 50.8 Å². The van der Waals surface area contributed by atoms with Crippen LogP contribution >= 0.6 is 27.3 Å². The molecular weight excluding hydrogens is 334 g/mol. The van der Waals surface area contributed by atoms with Crippen molar-refractivity contribution in [3.8, 4) is 0 Å². The van der Waals surface area contributed by atoms with Crippen molar-refractivity contribution < 1.29 is 4.79 Å². The molecule has 2 atom stereocenters. The summed E-state index contributed by atoms with van der Waals surface area (Å²) in [6.07, 6.45) is 0.987. The van der Waals surface area contributed by atoms with Crippen molar-refractivity contribution in [2.75, 3.05) is 7.05 Å². The smallest absolute Gasteiger partial charge is 0.226 e. The van der Waals surface area contributed by atoms with Gasteiger partial charge in [-0.1, -0.05) is 30.3 Å². The highest BCUT2D eigenvalue weighted by atomic mass is 79.9. The molecule has 1 aliphatic rings. The van der Waals surface area contributed by atoms with Crippen LogP contribution in [0, 0.1) is 5.92 Å². The first-order valence-corrected chi connectivity index (χ1v) is 8.35. The third-order valence-electron chi connectivity index (χ3n) is 3.75. The molecule has 1 aromatic heterocycles. The number of halogens is 1. The minimum Gasteiger partial charge on any atom is -0.341 e. The Bertz CT molecular complexity index is 610. The number of amides is 1. The van der Waals surface area contributed by atoms with E-state index >= 15 is 0 Å². The fraction of sp³-hybridized carbons (Fsp3) is 0.312. The molecule has 0 spiro atoms. The van der Waals surface area contributed by atoms with E-state index < -0.39 is 0 Å². The van der Waals surface area contributed by atoms with Crippen LogP contribution in [0.5, 0.6) is 0 Å². The topological polar surface area (TPSA) is 20.3 Å². The third kappa shape index (κ3) is 2.96. The molecule has 1 amide bonds. The van der Waals surface area contributed by atoms with Crippen molar-refractivity contribution >= 4 is 33.2 Å². The second-order valence-corrected chi connectivity index (χ2v) is 7.60. The lowest BCUT2D eigenvalue weighted by molar-refractivity contribution is -0.131. The quantitative estimate of drug-likeness (QED) is 0.806. The minimum atomic E-state index is 0.171. The van der Waals surface area contributed by atoms with E-state index in [1.54, 1.807) is 11.3 Å². The molecule has 20 heavy (non-hydrogen) atoms. The average molecular weight is 350 g/mol. The zero-order valence-electron chi connectivity index (χ0n) is 11.3. The second kappa shape index (κ2) is 5.70. The van der Waals surface area contributed by atoms with E-state index in [-0.39, 0.29) is 11.8 Å². The Morgan fingerprint density at radius 1 is 1.40 bits per heavy atom. The largest absolute Gasteiger partial charge is 0.341 e. The molecule has 1 aliphatic carbocycles. The van der Waals surface area contributed by atoms with Crippen LogP contribution in [0.2, 0.25) is 0 Å². The van der Waals surface area contributed by atoms with Gasteiger partial charge in [-0.15, -0.1) is 11.3 Å². The summed E-state index contributed by atoms with van der Waals surface area (Å²) in [5.74, 6) is 0.853. The maximum absolute atomic E-state index is 12.4. The van der Waals surface area contributed by atoms with Gasteiger partial charge in [0.2, 0.25) is 5.91 Å². The number of carbonyl (C=O) groups is 1. The van der Waals surface area contributed by atoms with Crippen LogP contribution in [-0.4, -0.2) is 17.9 Å². The van der Waals surface area contributed by atoms with E-state index in [9.17, 15) is 4.79 Å². The van der Waals surface area contributed by atoms with Gasteiger partial charge in [0.05, 0.1) is 3.79 Å². The zero-order valence-corrected chi connectivity index (χ0v) is 13.7. The Balaban J connectivity index is 1.60. The van der Waals surface area contributed by atoms with Crippen molar-refractivity contribution in [3.63, 3.8) is 0 Å². The Hall–Kier alpha value is -1.13. The standard InChI is InChI=1S/C16H16BrNOS/c1-18(9-11-7-15(17)20-10-11)16(19)14-8-13(14)12-5-3-2-4-6-12/h2-7,10,13-14H,8-9H2,1H3. The van der Waals surface area contributed by atoms with E-state index in [0.717, 1.165) is 10.2 Å². The highest BCUT2D eigenvalue weighted by molar-refractivity contribution is 9.11. The monoisotopic (exact) mass is 349 g/mol. The molecule has 2 unspecified atom stereocenters. The molecule has 1 fully saturated rings. The molecule has 1 aromatic carbocycles. The molecule has 104 valence electrons. The number of thiophene rings is 1. The lowest BCUT2D eigenvalue weighted by atomic mass is 10.1. The Morgan fingerprint density at radius 3 is 2.80 bits per heavy atom. The summed E-state index contributed by atoms with van der Waals surface area (Å²) < 4.78 is 1.11. The first-order chi connectivity index (χ1) is 9.65. The maximum Gasteiger partial charge on any atom is 0.226 e. The average Bonchev–Trinajstić information content (AvgIpc) is 3.16. The fourth-order valence-electron chi connectivity index (χ4n) is 2.60. The first-order valence-electron chi connectivity index (χ1n) is 6.68. The number of hydrogen-bond acceptors (Lipinski definition) is 2. The van der Waals surface area contributed by atoms with Gasteiger partial charge in [-0.3, -0.25) is 4.79 Å². The van der Waals surface area contributed by atoms with Gasteiger partial charge in [-0.25, -0.2) is 0 Å². The van der Waals surface area contributed by atoms with Crippen LogP contribution < -0.4 is 0 Å². The van der Waals surface area contributed by atoms with Crippen LogP contribution in [0.4, 0.5) is 0 Å². The predicted octanol–water partition coefficient (Wildman–Crippen LogP) is 4.27. The predicted molar refractivity (Wildman–Crippen MR) is 85.8 cm³/mol. The summed E-state index contributed by atoms with van der Waals surface area (Å²) in [7, 11) is 1.90. The summed E-state index contributed by atoms with van der Waals surface area (Å²) in [6, 6.07) is 12.4. The molecule has 1 heterocycles. The van der Waals surface area contributed by atoms with E-state index in [1.807, 2.05) is 30.1 Å². The molecule has 1 saturated carbocycles. The van der Waals surface area contributed by atoms with Gasteiger partial charge in [-0.2, -0.15) is 0 Å². The molecule has 0 bridgehead atoms. The van der Waals surface area contributed by atoms with Crippen molar-refractivity contribution in [1.82, 2.24) is 4.90 Å².